The third kappa shape index (κ3) is 3.94. The largest absolute Gasteiger partial charge is 0.327 e. The van der Waals surface area contributed by atoms with Crippen LogP contribution in [0.2, 0.25) is 0 Å². The molecule has 0 aromatic heterocycles. The topological polar surface area (TPSA) is 26.0 Å². The third-order valence-corrected chi connectivity index (χ3v) is 4.00. The van der Waals surface area contributed by atoms with Crippen LogP contribution in [0.3, 0.4) is 0 Å². The van der Waals surface area contributed by atoms with Crippen molar-refractivity contribution in [2.75, 3.05) is 0 Å². The summed E-state index contributed by atoms with van der Waals surface area (Å²) in [5.41, 5.74) is 13.2. The van der Waals surface area contributed by atoms with Gasteiger partial charge in [0, 0.05) is 6.04 Å². The number of rotatable bonds is 5. The van der Waals surface area contributed by atoms with E-state index in [0.717, 1.165) is 19.3 Å². The van der Waals surface area contributed by atoms with Gasteiger partial charge in [0.2, 0.25) is 0 Å². The van der Waals surface area contributed by atoms with Crippen molar-refractivity contribution in [3.63, 3.8) is 0 Å². The van der Waals surface area contributed by atoms with Crippen LogP contribution >= 0.6 is 0 Å². The van der Waals surface area contributed by atoms with Crippen LogP contribution in [0.4, 0.5) is 0 Å². The Morgan fingerprint density at radius 2 is 1.60 bits per heavy atom. The van der Waals surface area contributed by atoms with E-state index in [9.17, 15) is 0 Å². The summed E-state index contributed by atoms with van der Waals surface area (Å²) >= 11 is 0. The van der Waals surface area contributed by atoms with Crippen LogP contribution < -0.4 is 5.73 Å². The molecule has 0 spiro atoms. The van der Waals surface area contributed by atoms with E-state index in [0.29, 0.717) is 0 Å². The van der Waals surface area contributed by atoms with Gasteiger partial charge in [-0.15, -0.1) is 0 Å². The first-order valence-electron chi connectivity index (χ1n) is 7.42. The Bertz CT molecular complexity index is 551. The summed E-state index contributed by atoms with van der Waals surface area (Å²) in [7, 11) is 0. The predicted octanol–water partition coefficient (Wildman–Crippen LogP) is 4.11. The van der Waals surface area contributed by atoms with Crippen molar-refractivity contribution in [3.05, 3.63) is 70.3 Å². The van der Waals surface area contributed by atoms with Gasteiger partial charge in [-0.1, -0.05) is 48.0 Å². The van der Waals surface area contributed by atoms with Gasteiger partial charge in [0.1, 0.15) is 0 Å². The normalized spacial score (nSPS) is 12.4. The molecule has 0 amide bonds. The van der Waals surface area contributed by atoms with Gasteiger partial charge in [-0.25, -0.2) is 0 Å². The molecule has 2 aromatic carbocycles. The molecule has 0 saturated heterocycles. The fourth-order valence-electron chi connectivity index (χ4n) is 2.75. The smallest absolute Gasteiger partial charge is 0.00826 e. The van der Waals surface area contributed by atoms with Crippen molar-refractivity contribution in [3.8, 4) is 0 Å². The molecule has 2 N–H and O–H groups in total. The van der Waals surface area contributed by atoms with Crippen LogP contribution in [0.1, 0.15) is 34.2 Å². The second-order valence-corrected chi connectivity index (χ2v) is 5.86. The van der Waals surface area contributed by atoms with E-state index in [1.54, 1.807) is 0 Å². The Morgan fingerprint density at radius 1 is 0.950 bits per heavy atom. The molecule has 0 radical (unpaired) electrons. The summed E-state index contributed by atoms with van der Waals surface area (Å²) < 4.78 is 0. The molecule has 0 heterocycles. The predicted molar refractivity (Wildman–Crippen MR) is 87.1 cm³/mol. The van der Waals surface area contributed by atoms with E-state index < -0.39 is 0 Å². The van der Waals surface area contributed by atoms with Gasteiger partial charge >= 0.3 is 0 Å². The maximum absolute atomic E-state index is 6.33. The van der Waals surface area contributed by atoms with Crippen LogP contribution in [-0.2, 0) is 12.8 Å². The maximum Gasteiger partial charge on any atom is 0.00826 e. The standard InChI is InChI=1S/C19H25N/c1-14-6-4-9-17(12-14)10-11-18(20)13-19-15(2)7-5-8-16(19)3/h4-9,12,18H,10-11,13,20H2,1-3H3. The van der Waals surface area contributed by atoms with E-state index in [-0.39, 0.29) is 6.04 Å². The van der Waals surface area contributed by atoms with Gasteiger partial charge in [0.05, 0.1) is 0 Å². The highest BCUT2D eigenvalue weighted by molar-refractivity contribution is 5.34. The summed E-state index contributed by atoms with van der Waals surface area (Å²) in [4.78, 5) is 0. The molecule has 20 heavy (non-hydrogen) atoms. The SMILES string of the molecule is Cc1cccc(CCC(N)Cc2c(C)cccc2C)c1. The number of benzene rings is 2. The van der Waals surface area contributed by atoms with Gasteiger partial charge < -0.3 is 5.73 Å². The lowest BCUT2D eigenvalue weighted by atomic mass is 9.94. The Balaban J connectivity index is 1.94. The molecule has 1 heteroatoms. The van der Waals surface area contributed by atoms with E-state index >= 15 is 0 Å². The van der Waals surface area contributed by atoms with Crippen molar-refractivity contribution in [2.24, 2.45) is 5.73 Å². The molecule has 1 unspecified atom stereocenters. The van der Waals surface area contributed by atoms with Crippen LogP contribution in [0, 0.1) is 20.8 Å². The molecule has 106 valence electrons. The molecule has 0 aliphatic rings. The van der Waals surface area contributed by atoms with E-state index in [4.69, 9.17) is 5.73 Å². The first kappa shape index (κ1) is 14.8. The van der Waals surface area contributed by atoms with Crippen LogP contribution in [-0.4, -0.2) is 6.04 Å². The lowest BCUT2D eigenvalue weighted by Crippen LogP contribution is -2.24. The molecule has 1 atom stereocenters. The lowest BCUT2D eigenvalue weighted by Gasteiger charge is -2.15. The van der Waals surface area contributed by atoms with Crippen molar-refractivity contribution in [1.82, 2.24) is 0 Å². The van der Waals surface area contributed by atoms with Gasteiger partial charge in [-0.3, -0.25) is 0 Å². The van der Waals surface area contributed by atoms with Gasteiger partial charge in [0.15, 0.2) is 0 Å². The van der Waals surface area contributed by atoms with Gasteiger partial charge in [-0.2, -0.15) is 0 Å². The number of nitrogens with two attached hydrogens (primary N) is 1. The van der Waals surface area contributed by atoms with Crippen molar-refractivity contribution < 1.29 is 0 Å². The van der Waals surface area contributed by atoms with E-state index in [2.05, 4.69) is 63.2 Å². The number of hydrogen-bond acceptors (Lipinski definition) is 1. The van der Waals surface area contributed by atoms with Gasteiger partial charge in [-0.05, 0) is 62.3 Å². The minimum absolute atomic E-state index is 0.232. The minimum Gasteiger partial charge on any atom is -0.327 e. The summed E-state index contributed by atoms with van der Waals surface area (Å²) in [6.45, 7) is 6.49. The molecule has 0 aliphatic heterocycles. The second kappa shape index (κ2) is 6.71. The average molecular weight is 267 g/mol. The van der Waals surface area contributed by atoms with E-state index in [1.807, 2.05) is 0 Å². The first-order chi connectivity index (χ1) is 9.56. The zero-order valence-electron chi connectivity index (χ0n) is 12.8. The molecule has 0 fully saturated rings. The molecule has 0 saturated carbocycles. The quantitative estimate of drug-likeness (QED) is 0.866. The first-order valence-corrected chi connectivity index (χ1v) is 7.42. The number of hydrogen-bond donors (Lipinski definition) is 1. The van der Waals surface area contributed by atoms with Gasteiger partial charge in [0.25, 0.3) is 0 Å². The van der Waals surface area contributed by atoms with Crippen molar-refractivity contribution in [1.29, 1.82) is 0 Å². The Morgan fingerprint density at radius 3 is 2.25 bits per heavy atom. The summed E-state index contributed by atoms with van der Waals surface area (Å²) in [6, 6.07) is 15.4. The molecule has 0 aliphatic carbocycles. The zero-order chi connectivity index (χ0) is 14.5. The monoisotopic (exact) mass is 267 g/mol. The highest BCUT2D eigenvalue weighted by Gasteiger charge is 2.09. The molecular weight excluding hydrogens is 242 g/mol. The summed E-state index contributed by atoms with van der Waals surface area (Å²) in [5, 5.41) is 0. The minimum atomic E-state index is 0.232. The Kier molecular flexibility index (Phi) is 4.97. The van der Waals surface area contributed by atoms with E-state index in [1.165, 1.54) is 27.8 Å². The second-order valence-electron chi connectivity index (χ2n) is 5.86. The Hall–Kier alpha value is -1.60. The zero-order valence-corrected chi connectivity index (χ0v) is 12.8. The fourth-order valence-corrected chi connectivity index (χ4v) is 2.75. The highest BCUT2D eigenvalue weighted by atomic mass is 14.6. The summed E-state index contributed by atoms with van der Waals surface area (Å²) in [6.07, 6.45) is 3.08. The van der Waals surface area contributed by atoms with Crippen LogP contribution in [0.15, 0.2) is 42.5 Å². The van der Waals surface area contributed by atoms with Crippen molar-refractivity contribution in [2.45, 2.75) is 46.1 Å². The molecule has 2 aromatic rings. The Labute approximate surface area is 122 Å². The molecule has 0 bridgehead atoms. The molecule has 1 nitrogen and oxygen atoms in total. The van der Waals surface area contributed by atoms with Crippen LogP contribution in [0.25, 0.3) is 0 Å². The van der Waals surface area contributed by atoms with Crippen molar-refractivity contribution >= 4 is 0 Å². The molecular formula is C19H25N. The fraction of sp³-hybridized carbons (Fsp3) is 0.368. The number of aryl methyl sites for hydroxylation is 4. The highest BCUT2D eigenvalue weighted by Crippen LogP contribution is 2.17. The lowest BCUT2D eigenvalue weighted by molar-refractivity contribution is 0.607. The third-order valence-electron chi connectivity index (χ3n) is 4.00. The maximum atomic E-state index is 6.33. The molecule has 2 rings (SSSR count). The summed E-state index contributed by atoms with van der Waals surface area (Å²) in [5.74, 6) is 0. The van der Waals surface area contributed by atoms with Crippen LogP contribution in [0.5, 0.6) is 0 Å². The average Bonchev–Trinajstić information content (AvgIpc) is 2.41.